The van der Waals surface area contributed by atoms with Gasteiger partial charge in [-0.3, -0.25) is 29.8 Å². The maximum absolute atomic E-state index is 12.7. The highest BCUT2D eigenvalue weighted by molar-refractivity contribution is 6.31. The summed E-state index contributed by atoms with van der Waals surface area (Å²) in [6.45, 7) is 3.61. The van der Waals surface area contributed by atoms with E-state index in [4.69, 9.17) is 16.3 Å². The lowest BCUT2D eigenvalue weighted by Crippen LogP contribution is -2.44. The number of nitrogens with one attached hydrogen (secondary N) is 2. The molecule has 4 aromatic rings. The summed E-state index contributed by atoms with van der Waals surface area (Å²) in [5.74, 6) is 0.0675. The van der Waals surface area contributed by atoms with E-state index in [1.54, 1.807) is 67.6 Å². The molecule has 0 bridgehead atoms. The number of hydrogen-bond donors (Lipinski definition) is 2. The molecule has 0 saturated heterocycles. The van der Waals surface area contributed by atoms with E-state index in [1.165, 1.54) is 4.57 Å². The lowest BCUT2D eigenvalue weighted by molar-refractivity contribution is -0.122. The number of ether oxygens (including phenoxy) is 1. The van der Waals surface area contributed by atoms with E-state index in [0.717, 1.165) is 11.1 Å². The average Bonchev–Trinajstić information content (AvgIpc) is 2.86. The van der Waals surface area contributed by atoms with Gasteiger partial charge in [0.2, 0.25) is 0 Å². The average molecular weight is 491 g/mol. The van der Waals surface area contributed by atoms with Crippen LogP contribution in [-0.2, 0) is 17.9 Å². The zero-order chi connectivity index (χ0) is 24.9. The monoisotopic (exact) mass is 490 g/mol. The van der Waals surface area contributed by atoms with Gasteiger partial charge in [0.25, 0.3) is 17.4 Å². The third-order valence-corrected chi connectivity index (χ3v) is 5.84. The number of carbonyl (C=O) groups is 2. The van der Waals surface area contributed by atoms with Crippen LogP contribution in [0.15, 0.2) is 71.5 Å². The molecule has 0 aliphatic heterocycles. The Hall–Kier alpha value is -4.17. The van der Waals surface area contributed by atoms with E-state index in [2.05, 4.69) is 15.8 Å². The fraction of sp³-hybridized carbons (Fsp3) is 0.154. The van der Waals surface area contributed by atoms with Crippen LogP contribution in [-0.4, -0.2) is 21.4 Å². The van der Waals surface area contributed by atoms with Gasteiger partial charge >= 0.3 is 0 Å². The number of amides is 2. The molecule has 4 rings (SSSR count). The van der Waals surface area contributed by atoms with Crippen molar-refractivity contribution in [1.82, 2.24) is 20.4 Å². The molecule has 35 heavy (non-hydrogen) atoms. The van der Waals surface area contributed by atoms with Crippen molar-refractivity contribution < 1.29 is 14.3 Å². The standard InChI is InChI=1S/C26H23ClN4O4/c1-16-13-20(11-12-22(16)27)35-15-18-7-9-19(10-8-18)25(33)30-29-24(32)14-31-17(2)28-23-6-4-3-5-21(23)26(31)34/h3-13H,14-15H2,1-2H3,(H,29,32)(H,30,33). The predicted molar refractivity (Wildman–Crippen MR) is 133 cm³/mol. The predicted octanol–water partition coefficient (Wildman–Crippen LogP) is 3.71. The van der Waals surface area contributed by atoms with Gasteiger partial charge in [-0.1, -0.05) is 35.9 Å². The second-order valence-corrected chi connectivity index (χ2v) is 8.37. The molecule has 0 aliphatic carbocycles. The smallest absolute Gasteiger partial charge is 0.269 e. The number of fused-ring (bicyclic) bond motifs is 1. The second kappa shape index (κ2) is 10.4. The van der Waals surface area contributed by atoms with Gasteiger partial charge in [-0.15, -0.1) is 0 Å². The molecule has 0 atom stereocenters. The van der Waals surface area contributed by atoms with Crippen molar-refractivity contribution in [3.8, 4) is 5.75 Å². The van der Waals surface area contributed by atoms with Crippen molar-refractivity contribution in [1.29, 1.82) is 0 Å². The van der Waals surface area contributed by atoms with E-state index in [-0.39, 0.29) is 12.1 Å². The highest BCUT2D eigenvalue weighted by Gasteiger charge is 2.13. The number of para-hydroxylation sites is 1. The first-order chi connectivity index (χ1) is 16.8. The number of nitrogens with zero attached hydrogens (tertiary/aromatic N) is 2. The lowest BCUT2D eigenvalue weighted by Gasteiger charge is -2.12. The highest BCUT2D eigenvalue weighted by Crippen LogP contribution is 2.22. The van der Waals surface area contributed by atoms with Gasteiger partial charge in [0.1, 0.15) is 24.7 Å². The Labute approximate surface area is 206 Å². The van der Waals surface area contributed by atoms with Crippen LogP contribution in [0.2, 0.25) is 5.02 Å². The van der Waals surface area contributed by atoms with E-state index < -0.39 is 11.8 Å². The van der Waals surface area contributed by atoms with Crippen LogP contribution in [0.25, 0.3) is 10.9 Å². The molecule has 2 N–H and O–H groups in total. The topological polar surface area (TPSA) is 102 Å². The van der Waals surface area contributed by atoms with E-state index in [9.17, 15) is 14.4 Å². The molecular weight excluding hydrogens is 468 g/mol. The molecule has 0 spiro atoms. The lowest BCUT2D eigenvalue weighted by atomic mass is 10.1. The van der Waals surface area contributed by atoms with Crippen molar-refractivity contribution in [2.45, 2.75) is 27.0 Å². The molecular formula is C26H23ClN4O4. The van der Waals surface area contributed by atoms with Crippen molar-refractivity contribution in [3.63, 3.8) is 0 Å². The Balaban J connectivity index is 1.32. The second-order valence-electron chi connectivity index (χ2n) is 7.97. The molecule has 9 heteroatoms. The molecule has 0 unspecified atom stereocenters. The summed E-state index contributed by atoms with van der Waals surface area (Å²) in [4.78, 5) is 41.8. The number of rotatable bonds is 6. The van der Waals surface area contributed by atoms with Crippen molar-refractivity contribution in [3.05, 3.63) is 105 Å². The minimum Gasteiger partial charge on any atom is -0.489 e. The van der Waals surface area contributed by atoms with E-state index >= 15 is 0 Å². The van der Waals surface area contributed by atoms with Gasteiger partial charge < -0.3 is 4.74 Å². The number of hydrazine groups is 1. The summed E-state index contributed by atoms with van der Waals surface area (Å²) < 4.78 is 7.03. The first kappa shape index (κ1) is 24.0. The summed E-state index contributed by atoms with van der Waals surface area (Å²) in [7, 11) is 0. The minimum atomic E-state index is -0.552. The summed E-state index contributed by atoms with van der Waals surface area (Å²) in [5, 5.41) is 1.10. The highest BCUT2D eigenvalue weighted by atomic mass is 35.5. The summed E-state index contributed by atoms with van der Waals surface area (Å²) in [6, 6.07) is 19.2. The van der Waals surface area contributed by atoms with Crippen LogP contribution in [0.4, 0.5) is 0 Å². The SMILES string of the molecule is Cc1cc(OCc2ccc(C(=O)NNC(=O)Cn3c(C)nc4ccccc4c3=O)cc2)ccc1Cl. The Bertz CT molecular complexity index is 1460. The van der Waals surface area contributed by atoms with Gasteiger partial charge in [0.05, 0.1) is 10.9 Å². The van der Waals surface area contributed by atoms with Gasteiger partial charge in [-0.05, 0) is 67.4 Å². The number of hydrogen-bond acceptors (Lipinski definition) is 5. The molecule has 8 nitrogen and oxygen atoms in total. The number of carbonyl (C=O) groups excluding carboxylic acids is 2. The minimum absolute atomic E-state index is 0.275. The maximum Gasteiger partial charge on any atom is 0.269 e. The van der Waals surface area contributed by atoms with Crippen LogP contribution in [0, 0.1) is 13.8 Å². The molecule has 1 heterocycles. The molecule has 3 aromatic carbocycles. The Morgan fingerprint density at radius 2 is 1.74 bits per heavy atom. The fourth-order valence-corrected chi connectivity index (χ4v) is 3.59. The van der Waals surface area contributed by atoms with E-state index in [1.807, 2.05) is 13.0 Å². The maximum atomic E-state index is 12.7. The van der Waals surface area contributed by atoms with Gasteiger partial charge in [0, 0.05) is 10.6 Å². The quantitative estimate of drug-likeness (QED) is 0.401. The van der Waals surface area contributed by atoms with Crippen LogP contribution in [0.5, 0.6) is 5.75 Å². The molecule has 2 amide bonds. The van der Waals surface area contributed by atoms with E-state index in [0.29, 0.717) is 39.7 Å². The first-order valence-electron chi connectivity index (χ1n) is 10.8. The third kappa shape index (κ3) is 5.67. The Morgan fingerprint density at radius 3 is 2.49 bits per heavy atom. The van der Waals surface area contributed by atoms with Crippen LogP contribution < -0.4 is 21.1 Å². The normalized spacial score (nSPS) is 10.7. The zero-order valence-electron chi connectivity index (χ0n) is 19.2. The number of benzene rings is 3. The Kier molecular flexibility index (Phi) is 7.12. The zero-order valence-corrected chi connectivity index (χ0v) is 19.9. The third-order valence-electron chi connectivity index (χ3n) is 5.42. The van der Waals surface area contributed by atoms with Gasteiger partial charge in [-0.25, -0.2) is 4.98 Å². The first-order valence-corrected chi connectivity index (χ1v) is 11.2. The van der Waals surface area contributed by atoms with Crippen molar-refractivity contribution >= 4 is 34.3 Å². The summed E-state index contributed by atoms with van der Waals surface area (Å²) in [6.07, 6.45) is 0. The van der Waals surface area contributed by atoms with Crippen LogP contribution >= 0.6 is 11.6 Å². The summed E-state index contributed by atoms with van der Waals surface area (Å²) in [5.41, 5.74) is 7.11. The van der Waals surface area contributed by atoms with Crippen LogP contribution in [0.1, 0.15) is 27.3 Å². The van der Waals surface area contributed by atoms with Gasteiger partial charge in [-0.2, -0.15) is 0 Å². The largest absolute Gasteiger partial charge is 0.489 e. The Morgan fingerprint density at radius 1 is 1.00 bits per heavy atom. The van der Waals surface area contributed by atoms with Crippen molar-refractivity contribution in [2.75, 3.05) is 0 Å². The number of aromatic nitrogens is 2. The molecule has 0 aliphatic rings. The molecule has 1 aromatic heterocycles. The molecule has 0 saturated carbocycles. The van der Waals surface area contributed by atoms with Crippen molar-refractivity contribution in [2.24, 2.45) is 0 Å². The summed E-state index contributed by atoms with van der Waals surface area (Å²) >= 11 is 6.03. The molecule has 178 valence electrons. The number of halogens is 1. The molecule has 0 radical (unpaired) electrons. The molecule has 0 fully saturated rings. The van der Waals surface area contributed by atoms with Crippen LogP contribution in [0.3, 0.4) is 0 Å². The fourth-order valence-electron chi connectivity index (χ4n) is 3.47. The van der Waals surface area contributed by atoms with Gasteiger partial charge in [0.15, 0.2) is 0 Å². The number of aryl methyl sites for hydroxylation is 2.